The minimum Gasteiger partial charge on any atom is -0.487 e. The van der Waals surface area contributed by atoms with E-state index in [4.69, 9.17) is 4.74 Å². The van der Waals surface area contributed by atoms with E-state index >= 15 is 0 Å². The molecule has 0 saturated carbocycles. The maximum atomic E-state index is 14.7. The molecule has 5 nitrogen and oxygen atoms in total. The number of ether oxygens (including phenoxy) is 1. The van der Waals surface area contributed by atoms with Gasteiger partial charge in [-0.1, -0.05) is 0 Å². The Morgan fingerprint density at radius 2 is 2.00 bits per heavy atom. The highest BCUT2D eigenvalue weighted by Crippen LogP contribution is 2.28. The van der Waals surface area contributed by atoms with Crippen molar-refractivity contribution in [2.24, 2.45) is 0 Å². The van der Waals surface area contributed by atoms with Crippen molar-refractivity contribution in [2.45, 2.75) is 51.3 Å². The number of benzene rings is 1. The lowest BCUT2D eigenvalue weighted by atomic mass is 10.1. The first kappa shape index (κ1) is 20.2. The maximum absolute atomic E-state index is 14.7. The van der Waals surface area contributed by atoms with E-state index in [9.17, 15) is 13.6 Å². The number of likely N-dealkylation sites (tertiary alicyclic amines) is 2. The molecule has 0 radical (unpaired) electrons. The van der Waals surface area contributed by atoms with Gasteiger partial charge in [-0.3, -0.25) is 9.69 Å². The summed E-state index contributed by atoms with van der Waals surface area (Å²) < 4.78 is 34.8. The minimum atomic E-state index is -0.886. The molecule has 0 N–H and O–H groups in total. The maximum Gasteiger partial charge on any atom is 0.260 e. The van der Waals surface area contributed by atoms with Crippen molar-refractivity contribution >= 4 is 17.2 Å². The SMILES string of the molecule is CC1CCCN1CC1CCCN1C(=O)c1c(F)cc(OCc2cscn2)cc1F. The summed E-state index contributed by atoms with van der Waals surface area (Å²) >= 11 is 1.42. The average Bonchev–Trinajstić information content (AvgIpc) is 3.43. The first-order valence-electron chi connectivity index (χ1n) is 10.1. The third-order valence-electron chi connectivity index (χ3n) is 5.87. The van der Waals surface area contributed by atoms with Gasteiger partial charge in [-0.05, 0) is 39.2 Å². The summed E-state index contributed by atoms with van der Waals surface area (Å²) in [5.74, 6) is -2.29. The molecule has 8 heteroatoms. The van der Waals surface area contributed by atoms with Gasteiger partial charge in [0, 0.05) is 42.7 Å². The molecule has 2 aromatic rings. The second-order valence-corrected chi connectivity index (χ2v) is 8.53. The third-order valence-corrected chi connectivity index (χ3v) is 6.51. The molecule has 29 heavy (non-hydrogen) atoms. The van der Waals surface area contributed by atoms with E-state index in [1.165, 1.54) is 11.3 Å². The standard InChI is InChI=1S/C21H25F2N3O2S/c1-14-4-2-6-25(14)10-16-5-3-7-26(16)21(27)20-18(22)8-17(9-19(20)23)28-11-15-12-29-13-24-15/h8-9,12-14,16H,2-7,10-11H2,1H3. The first-order valence-corrected chi connectivity index (χ1v) is 11.0. The second kappa shape index (κ2) is 8.75. The highest BCUT2D eigenvalue weighted by molar-refractivity contribution is 7.07. The molecule has 156 valence electrons. The van der Waals surface area contributed by atoms with Crippen LogP contribution in [0.2, 0.25) is 0 Å². The van der Waals surface area contributed by atoms with Crippen molar-refractivity contribution < 1.29 is 18.3 Å². The van der Waals surface area contributed by atoms with Crippen LogP contribution in [0.5, 0.6) is 5.75 Å². The predicted octanol–water partition coefficient (Wildman–Crippen LogP) is 4.09. The lowest BCUT2D eigenvalue weighted by molar-refractivity contribution is 0.0687. The molecule has 0 spiro atoms. The summed E-state index contributed by atoms with van der Waals surface area (Å²) in [5.41, 5.74) is 1.86. The lowest BCUT2D eigenvalue weighted by Crippen LogP contribution is -2.44. The molecule has 2 aliphatic heterocycles. The van der Waals surface area contributed by atoms with E-state index in [2.05, 4.69) is 16.8 Å². The van der Waals surface area contributed by atoms with Gasteiger partial charge in [-0.2, -0.15) is 0 Å². The molecule has 0 aliphatic carbocycles. The van der Waals surface area contributed by atoms with Gasteiger partial charge in [-0.25, -0.2) is 13.8 Å². The number of hydrogen-bond donors (Lipinski definition) is 0. The second-order valence-electron chi connectivity index (χ2n) is 7.81. The number of carbonyl (C=O) groups excluding carboxylic acids is 1. The number of amides is 1. The van der Waals surface area contributed by atoms with Gasteiger partial charge in [0.1, 0.15) is 29.6 Å². The number of hydrogen-bond acceptors (Lipinski definition) is 5. The Kier molecular flexibility index (Phi) is 6.10. The van der Waals surface area contributed by atoms with Crippen LogP contribution in [-0.4, -0.2) is 52.4 Å². The normalized spacial score (nSPS) is 22.4. The molecule has 0 bridgehead atoms. The zero-order valence-electron chi connectivity index (χ0n) is 16.4. The number of halogens is 2. The fraction of sp³-hybridized carbons (Fsp3) is 0.524. The summed E-state index contributed by atoms with van der Waals surface area (Å²) in [5, 5.41) is 1.80. The number of thiazole rings is 1. The van der Waals surface area contributed by atoms with E-state index in [1.54, 1.807) is 15.8 Å². The largest absolute Gasteiger partial charge is 0.487 e. The van der Waals surface area contributed by atoms with Gasteiger partial charge < -0.3 is 9.64 Å². The molecular weight excluding hydrogens is 396 g/mol. The topological polar surface area (TPSA) is 45.7 Å². The molecule has 1 aromatic heterocycles. The van der Waals surface area contributed by atoms with Gasteiger partial charge in [0.25, 0.3) is 5.91 Å². The molecule has 2 atom stereocenters. The van der Waals surface area contributed by atoms with Gasteiger partial charge in [0.2, 0.25) is 0 Å². The van der Waals surface area contributed by atoms with Crippen molar-refractivity contribution in [1.29, 1.82) is 0 Å². The summed E-state index contributed by atoms with van der Waals surface area (Å²) in [6.07, 6.45) is 4.05. The molecule has 2 fully saturated rings. The van der Waals surface area contributed by atoms with Gasteiger partial charge in [-0.15, -0.1) is 11.3 Å². The Labute approximate surface area is 173 Å². The molecule has 1 aromatic carbocycles. The van der Waals surface area contributed by atoms with E-state index in [0.717, 1.165) is 50.9 Å². The van der Waals surface area contributed by atoms with E-state index in [1.807, 2.05) is 0 Å². The number of carbonyl (C=O) groups is 1. The van der Waals surface area contributed by atoms with Crippen molar-refractivity contribution in [3.63, 3.8) is 0 Å². The average molecular weight is 422 g/mol. The van der Waals surface area contributed by atoms with E-state index in [0.29, 0.717) is 18.3 Å². The molecule has 1 amide bonds. The van der Waals surface area contributed by atoms with Crippen LogP contribution in [0.25, 0.3) is 0 Å². The number of rotatable bonds is 6. The highest BCUT2D eigenvalue weighted by atomic mass is 32.1. The predicted molar refractivity (Wildman–Crippen MR) is 107 cm³/mol. The van der Waals surface area contributed by atoms with Gasteiger partial charge in [0.15, 0.2) is 0 Å². The van der Waals surface area contributed by atoms with Gasteiger partial charge >= 0.3 is 0 Å². The molecular formula is C21H25F2N3O2S. The quantitative estimate of drug-likeness (QED) is 0.705. The lowest BCUT2D eigenvalue weighted by Gasteiger charge is -2.31. The van der Waals surface area contributed by atoms with Crippen LogP contribution in [0.3, 0.4) is 0 Å². The Bertz CT molecular complexity index is 839. The van der Waals surface area contributed by atoms with Crippen LogP contribution < -0.4 is 4.74 Å². The van der Waals surface area contributed by atoms with E-state index in [-0.39, 0.29) is 18.4 Å². The van der Waals surface area contributed by atoms with E-state index < -0.39 is 23.1 Å². The minimum absolute atomic E-state index is 0.00226. The summed E-state index contributed by atoms with van der Waals surface area (Å²) in [6.45, 7) is 4.64. The summed E-state index contributed by atoms with van der Waals surface area (Å²) in [6, 6.07) is 2.66. The Morgan fingerprint density at radius 1 is 1.24 bits per heavy atom. The fourth-order valence-corrected chi connectivity index (χ4v) is 4.82. The van der Waals surface area contributed by atoms with Gasteiger partial charge in [0.05, 0.1) is 11.2 Å². The molecule has 2 saturated heterocycles. The van der Waals surface area contributed by atoms with Crippen LogP contribution >= 0.6 is 11.3 Å². The van der Waals surface area contributed by atoms with Crippen LogP contribution in [0, 0.1) is 11.6 Å². The van der Waals surface area contributed by atoms with Crippen LogP contribution in [0.4, 0.5) is 8.78 Å². The smallest absolute Gasteiger partial charge is 0.260 e. The zero-order chi connectivity index (χ0) is 20.4. The van der Waals surface area contributed by atoms with Crippen molar-refractivity contribution in [2.75, 3.05) is 19.6 Å². The van der Waals surface area contributed by atoms with Crippen molar-refractivity contribution in [3.8, 4) is 5.75 Å². The van der Waals surface area contributed by atoms with Crippen LogP contribution in [-0.2, 0) is 6.61 Å². The Morgan fingerprint density at radius 3 is 2.66 bits per heavy atom. The molecule has 3 heterocycles. The Hall–Kier alpha value is -2.06. The van der Waals surface area contributed by atoms with Crippen molar-refractivity contribution in [1.82, 2.24) is 14.8 Å². The summed E-state index contributed by atoms with van der Waals surface area (Å²) in [7, 11) is 0. The third kappa shape index (κ3) is 4.43. The fourth-order valence-electron chi connectivity index (χ4n) is 4.27. The van der Waals surface area contributed by atoms with Crippen molar-refractivity contribution in [3.05, 3.63) is 45.9 Å². The Balaban J connectivity index is 1.47. The number of nitrogens with zero attached hydrogens (tertiary/aromatic N) is 3. The zero-order valence-corrected chi connectivity index (χ0v) is 17.3. The molecule has 2 aliphatic rings. The highest BCUT2D eigenvalue weighted by Gasteiger charge is 2.35. The van der Waals surface area contributed by atoms with Crippen LogP contribution in [0.15, 0.2) is 23.0 Å². The van der Waals surface area contributed by atoms with Crippen LogP contribution in [0.1, 0.15) is 48.7 Å². The molecule has 4 rings (SSSR count). The summed E-state index contributed by atoms with van der Waals surface area (Å²) in [4.78, 5) is 21.1. The monoisotopic (exact) mass is 421 g/mol. The number of aromatic nitrogens is 1. The molecule has 2 unspecified atom stereocenters. The first-order chi connectivity index (χ1) is 14.0.